The van der Waals surface area contributed by atoms with E-state index in [9.17, 15) is 14.7 Å². The maximum absolute atomic E-state index is 13.0. The van der Waals surface area contributed by atoms with Crippen molar-refractivity contribution in [2.75, 3.05) is 0 Å². The zero-order chi connectivity index (χ0) is 20.6. The van der Waals surface area contributed by atoms with Crippen molar-refractivity contribution in [1.82, 2.24) is 25.3 Å². The second-order valence-corrected chi connectivity index (χ2v) is 7.80. The zero-order valence-corrected chi connectivity index (χ0v) is 16.4. The number of carboxylic acids is 1. The first-order valence-electron chi connectivity index (χ1n) is 9.72. The molecule has 3 aromatic rings. The van der Waals surface area contributed by atoms with Crippen molar-refractivity contribution >= 4 is 22.8 Å². The first-order valence-corrected chi connectivity index (χ1v) is 9.72. The minimum absolute atomic E-state index is 0.189. The first kappa shape index (κ1) is 19.0. The number of rotatable bonds is 4. The van der Waals surface area contributed by atoms with Gasteiger partial charge in [0.2, 0.25) is 0 Å². The number of amides is 1. The maximum Gasteiger partial charge on any atom is 0.308 e. The van der Waals surface area contributed by atoms with Crippen LogP contribution in [-0.4, -0.2) is 42.5 Å². The molecule has 8 nitrogen and oxygen atoms in total. The molecule has 1 aliphatic carbocycles. The van der Waals surface area contributed by atoms with E-state index in [4.69, 9.17) is 0 Å². The fraction of sp³-hybridized carbons (Fsp3) is 0.381. The molecule has 2 heterocycles. The number of hydrogen-bond acceptors (Lipinski definition) is 5. The van der Waals surface area contributed by atoms with Crippen molar-refractivity contribution in [3.05, 3.63) is 47.9 Å². The van der Waals surface area contributed by atoms with Crippen LogP contribution in [0.1, 0.15) is 48.8 Å². The maximum atomic E-state index is 13.0. The third kappa shape index (κ3) is 3.35. The molecule has 0 radical (unpaired) electrons. The quantitative estimate of drug-likeness (QED) is 0.705. The Bertz CT molecular complexity index is 1090. The minimum Gasteiger partial charge on any atom is -0.481 e. The van der Waals surface area contributed by atoms with Crippen molar-refractivity contribution in [2.24, 2.45) is 5.92 Å². The van der Waals surface area contributed by atoms with Gasteiger partial charge >= 0.3 is 5.97 Å². The Morgan fingerprint density at radius 2 is 2.03 bits per heavy atom. The number of nitrogens with one attached hydrogen (secondary N) is 1. The van der Waals surface area contributed by atoms with Gasteiger partial charge in [0.15, 0.2) is 5.69 Å². The predicted molar refractivity (Wildman–Crippen MR) is 107 cm³/mol. The summed E-state index contributed by atoms with van der Waals surface area (Å²) >= 11 is 0. The number of benzene rings is 1. The van der Waals surface area contributed by atoms with Gasteiger partial charge in [0.05, 0.1) is 28.4 Å². The summed E-state index contributed by atoms with van der Waals surface area (Å²) in [6, 6.07) is 9.56. The molecule has 4 rings (SSSR count). The molecular weight excluding hydrogens is 370 g/mol. The van der Waals surface area contributed by atoms with E-state index in [1.807, 2.05) is 30.3 Å². The third-order valence-corrected chi connectivity index (χ3v) is 5.85. The van der Waals surface area contributed by atoms with E-state index >= 15 is 0 Å². The average Bonchev–Trinajstić information content (AvgIpc) is 3.08. The van der Waals surface area contributed by atoms with Crippen LogP contribution in [0.3, 0.4) is 0 Å². The van der Waals surface area contributed by atoms with Gasteiger partial charge in [0, 0.05) is 11.6 Å². The van der Waals surface area contributed by atoms with E-state index in [1.165, 1.54) is 0 Å². The summed E-state index contributed by atoms with van der Waals surface area (Å²) in [6.45, 7) is 3.58. The van der Waals surface area contributed by atoms with Crippen molar-refractivity contribution in [1.29, 1.82) is 0 Å². The van der Waals surface area contributed by atoms with Crippen molar-refractivity contribution < 1.29 is 14.7 Å². The molecule has 8 heteroatoms. The topological polar surface area (TPSA) is 110 Å². The van der Waals surface area contributed by atoms with Crippen molar-refractivity contribution in [3.63, 3.8) is 0 Å². The highest BCUT2D eigenvalue weighted by Gasteiger charge is 2.42. The summed E-state index contributed by atoms with van der Waals surface area (Å²) in [7, 11) is 0. The van der Waals surface area contributed by atoms with Crippen molar-refractivity contribution in [3.8, 4) is 5.69 Å². The normalized spacial score (nSPS) is 21.8. The molecule has 2 N–H and O–H groups in total. The molecular formula is C21H23N5O3. The Morgan fingerprint density at radius 3 is 2.83 bits per heavy atom. The highest BCUT2D eigenvalue weighted by atomic mass is 16.4. The van der Waals surface area contributed by atoms with Gasteiger partial charge in [-0.05, 0) is 38.8 Å². The molecule has 1 amide bonds. The summed E-state index contributed by atoms with van der Waals surface area (Å²) in [6.07, 6.45) is 4.62. The molecule has 2 atom stereocenters. The van der Waals surface area contributed by atoms with Crippen LogP contribution in [0.4, 0.5) is 0 Å². The van der Waals surface area contributed by atoms with Crippen LogP contribution >= 0.6 is 0 Å². The molecule has 2 aromatic heterocycles. The van der Waals surface area contributed by atoms with Gasteiger partial charge in [-0.2, -0.15) is 0 Å². The number of hydrogen-bond donors (Lipinski definition) is 2. The molecule has 0 spiro atoms. The number of nitrogens with zero attached hydrogens (tertiary/aromatic N) is 4. The van der Waals surface area contributed by atoms with E-state index in [0.717, 1.165) is 29.4 Å². The van der Waals surface area contributed by atoms with E-state index in [-0.39, 0.29) is 5.69 Å². The summed E-state index contributed by atoms with van der Waals surface area (Å²) in [5.41, 5.74) is 1.46. The fourth-order valence-electron chi connectivity index (χ4n) is 4.22. The number of pyridine rings is 1. The minimum atomic E-state index is -0.880. The number of aromatic nitrogens is 4. The second-order valence-electron chi connectivity index (χ2n) is 7.80. The van der Waals surface area contributed by atoms with E-state index < -0.39 is 23.3 Å². The second kappa shape index (κ2) is 7.27. The molecule has 0 saturated heterocycles. The Balaban J connectivity index is 1.66. The van der Waals surface area contributed by atoms with Gasteiger partial charge in [-0.15, -0.1) is 5.10 Å². The molecule has 1 fully saturated rings. The van der Waals surface area contributed by atoms with Gasteiger partial charge in [0.25, 0.3) is 5.91 Å². The molecule has 0 bridgehead atoms. The number of carboxylic acid groups (broad SMARTS) is 1. The highest BCUT2D eigenvalue weighted by Crippen LogP contribution is 2.34. The zero-order valence-electron chi connectivity index (χ0n) is 16.4. The lowest BCUT2D eigenvalue weighted by Crippen LogP contribution is -2.55. The Kier molecular flexibility index (Phi) is 4.77. The van der Waals surface area contributed by atoms with Gasteiger partial charge in [-0.25, -0.2) is 4.68 Å². The van der Waals surface area contributed by atoms with Crippen LogP contribution in [0, 0.1) is 12.8 Å². The Hall–Kier alpha value is -3.29. The number of carbonyl (C=O) groups is 2. The SMILES string of the molecule is Cc1c(C(=O)NC2(C)CCCCC2C(=O)O)nnn1-c1cccc2cccnc12. The van der Waals surface area contributed by atoms with Gasteiger partial charge in [-0.3, -0.25) is 14.6 Å². The molecule has 1 aromatic carbocycles. The van der Waals surface area contributed by atoms with Crippen LogP contribution in [-0.2, 0) is 4.79 Å². The Labute approximate surface area is 167 Å². The summed E-state index contributed by atoms with van der Waals surface area (Å²) in [5.74, 6) is -1.90. The molecule has 1 saturated carbocycles. The number of fused-ring (bicyclic) bond motifs is 1. The number of aliphatic carboxylic acids is 1. The molecule has 150 valence electrons. The smallest absolute Gasteiger partial charge is 0.308 e. The van der Waals surface area contributed by atoms with E-state index in [1.54, 1.807) is 24.7 Å². The van der Waals surface area contributed by atoms with E-state index in [2.05, 4.69) is 20.6 Å². The number of carbonyl (C=O) groups excluding carboxylic acids is 1. The molecule has 1 aliphatic rings. The lowest BCUT2D eigenvalue weighted by molar-refractivity contribution is -0.145. The Morgan fingerprint density at radius 1 is 1.24 bits per heavy atom. The lowest BCUT2D eigenvalue weighted by Gasteiger charge is -2.39. The lowest BCUT2D eigenvalue weighted by atomic mass is 9.74. The highest BCUT2D eigenvalue weighted by molar-refractivity contribution is 5.94. The first-order chi connectivity index (χ1) is 13.9. The van der Waals surface area contributed by atoms with Crippen LogP contribution in [0.5, 0.6) is 0 Å². The summed E-state index contributed by atoms with van der Waals surface area (Å²) in [4.78, 5) is 29.1. The van der Waals surface area contributed by atoms with Crippen molar-refractivity contribution in [2.45, 2.75) is 45.1 Å². The molecule has 29 heavy (non-hydrogen) atoms. The van der Waals surface area contributed by atoms with Gasteiger partial charge < -0.3 is 10.4 Å². The van der Waals surface area contributed by atoms with Crippen LogP contribution < -0.4 is 5.32 Å². The average molecular weight is 393 g/mol. The van der Waals surface area contributed by atoms with Crippen LogP contribution in [0.25, 0.3) is 16.6 Å². The van der Waals surface area contributed by atoms with E-state index in [0.29, 0.717) is 18.5 Å². The fourth-order valence-corrected chi connectivity index (χ4v) is 4.22. The van der Waals surface area contributed by atoms with Gasteiger partial charge in [-0.1, -0.05) is 36.3 Å². The van der Waals surface area contributed by atoms with Gasteiger partial charge in [0.1, 0.15) is 0 Å². The number of para-hydroxylation sites is 1. The predicted octanol–water partition coefficient (Wildman–Crippen LogP) is 2.89. The summed E-state index contributed by atoms with van der Waals surface area (Å²) < 4.78 is 1.60. The standard InChI is InChI=1S/C21H23N5O3/c1-13-17(19(27)23-21(2)11-4-3-9-15(21)20(28)29)24-25-26(13)16-10-5-7-14-8-6-12-22-18(14)16/h5-8,10,12,15H,3-4,9,11H2,1-2H3,(H,23,27)(H,28,29). The monoisotopic (exact) mass is 393 g/mol. The van der Waals surface area contributed by atoms with Crippen LogP contribution in [0.2, 0.25) is 0 Å². The summed E-state index contributed by atoms with van der Waals surface area (Å²) in [5, 5.41) is 21.7. The largest absolute Gasteiger partial charge is 0.481 e. The third-order valence-electron chi connectivity index (χ3n) is 5.85. The molecule has 2 unspecified atom stereocenters. The molecule has 0 aliphatic heterocycles. The van der Waals surface area contributed by atoms with Crippen LogP contribution in [0.15, 0.2) is 36.5 Å².